The van der Waals surface area contributed by atoms with Gasteiger partial charge < -0.3 is 19.5 Å². The van der Waals surface area contributed by atoms with Crippen LogP contribution in [0.3, 0.4) is 0 Å². The number of ether oxygens (including phenoxy) is 3. The molecule has 28 heavy (non-hydrogen) atoms. The number of thiocarbonyl (C=S) groups is 1. The molecule has 8 heteroatoms. The lowest BCUT2D eigenvalue weighted by atomic mass is 10.1. The standard InChI is InChI=1S/C20H32N4O3S/c1-16(2)6-11-27-18-5-4-17(14-19(18)25-3)15-22-23-20(28)21-7-8-24-9-12-26-13-10-24/h4-5,14-16H,6-13H2,1-3H3,(H2,21,23,28)/b22-15-. The smallest absolute Gasteiger partial charge is 0.187 e. The van der Waals surface area contributed by atoms with Gasteiger partial charge in [-0.2, -0.15) is 5.10 Å². The quantitative estimate of drug-likeness (QED) is 0.350. The van der Waals surface area contributed by atoms with Gasteiger partial charge in [-0.15, -0.1) is 0 Å². The molecule has 2 rings (SSSR count). The molecule has 1 saturated heterocycles. The third kappa shape index (κ3) is 8.41. The summed E-state index contributed by atoms with van der Waals surface area (Å²) in [6.45, 7) is 10.3. The van der Waals surface area contributed by atoms with E-state index in [2.05, 4.69) is 34.6 Å². The summed E-state index contributed by atoms with van der Waals surface area (Å²) >= 11 is 5.25. The second-order valence-electron chi connectivity index (χ2n) is 7.02. The van der Waals surface area contributed by atoms with Gasteiger partial charge in [0.15, 0.2) is 16.6 Å². The van der Waals surface area contributed by atoms with E-state index in [1.165, 1.54) is 0 Å². The molecule has 1 aliphatic heterocycles. The number of rotatable bonds is 10. The summed E-state index contributed by atoms with van der Waals surface area (Å²) in [6, 6.07) is 5.73. The van der Waals surface area contributed by atoms with Crippen LogP contribution in [-0.4, -0.2) is 69.3 Å². The Balaban J connectivity index is 1.73. The zero-order chi connectivity index (χ0) is 20.2. The van der Waals surface area contributed by atoms with E-state index in [0.29, 0.717) is 23.4 Å². The molecule has 0 radical (unpaired) electrons. The minimum Gasteiger partial charge on any atom is -0.493 e. The summed E-state index contributed by atoms with van der Waals surface area (Å²) in [7, 11) is 1.64. The molecular formula is C20H32N4O3S. The van der Waals surface area contributed by atoms with Crippen molar-refractivity contribution in [2.45, 2.75) is 20.3 Å². The largest absolute Gasteiger partial charge is 0.493 e. The fourth-order valence-electron chi connectivity index (χ4n) is 2.65. The number of hydrogen-bond donors (Lipinski definition) is 2. The van der Waals surface area contributed by atoms with Gasteiger partial charge in [0, 0.05) is 26.2 Å². The van der Waals surface area contributed by atoms with E-state index in [0.717, 1.165) is 57.1 Å². The molecule has 156 valence electrons. The van der Waals surface area contributed by atoms with Gasteiger partial charge in [-0.3, -0.25) is 10.3 Å². The molecule has 1 aromatic rings. The summed E-state index contributed by atoms with van der Waals surface area (Å²) in [4.78, 5) is 2.35. The van der Waals surface area contributed by atoms with Crippen molar-refractivity contribution in [3.05, 3.63) is 23.8 Å². The topological polar surface area (TPSA) is 67.4 Å². The van der Waals surface area contributed by atoms with Gasteiger partial charge >= 0.3 is 0 Å². The normalized spacial score (nSPS) is 15.0. The van der Waals surface area contributed by atoms with Crippen molar-refractivity contribution < 1.29 is 14.2 Å². The summed E-state index contributed by atoms with van der Waals surface area (Å²) in [5, 5.41) is 7.85. The molecule has 0 aromatic heterocycles. The van der Waals surface area contributed by atoms with Crippen LogP contribution < -0.4 is 20.2 Å². The Kier molecular flexibility index (Phi) is 10.0. The highest BCUT2D eigenvalue weighted by atomic mass is 32.1. The van der Waals surface area contributed by atoms with Crippen molar-refractivity contribution in [1.82, 2.24) is 15.6 Å². The first-order chi connectivity index (χ1) is 13.6. The molecule has 1 fully saturated rings. The highest BCUT2D eigenvalue weighted by molar-refractivity contribution is 7.80. The molecule has 2 N–H and O–H groups in total. The molecule has 0 atom stereocenters. The van der Waals surface area contributed by atoms with Gasteiger partial charge in [0.05, 0.1) is 33.1 Å². The third-order valence-corrected chi connectivity index (χ3v) is 4.57. The number of hydrogen-bond acceptors (Lipinski definition) is 6. The first-order valence-corrected chi connectivity index (χ1v) is 10.2. The fraction of sp³-hybridized carbons (Fsp3) is 0.600. The second kappa shape index (κ2) is 12.5. The van der Waals surface area contributed by atoms with E-state index in [1.54, 1.807) is 13.3 Å². The first kappa shape index (κ1) is 22.4. The van der Waals surface area contributed by atoms with E-state index in [1.807, 2.05) is 18.2 Å². The van der Waals surface area contributed by atoms with Crippen LogP contribution >= 0.6 is 12.2 Å². The van der Waals surface area contributed by atoms with Gasteiger partial charge in [0.1, 0.15) is 0 Å². The molecule has 0 saturated carbocycles. The Bertz CT molecular complexity index is 634. The highest BCUT2D eigenvalue weighted by Gasteiger charge is 2.09. The van der Waals surface area contributed by atoms with E-state index >= 15 is 0 Å². The highest BCUT2D eigenvalue weighted by Crippen LogP contribution is 2.27. The Morgan fingerprint density at radius 3 is 2.82 bits per heavy atom. The molecule has 0 spiro atoms. The molecule has 0 amide bonds. The molecule has 0 bridgehead atoms. The Hall–Kier alpha value is -1.90. The number of morpholine rings is 1. The SMILES string of the molecule is COc1cc(/C=N\NC(=S)NCCN2CCOCC2)ccc1OCCC(C)C. The van der Waals surface area contributed by atoms with E-state index in [4.69, 9.17) is 26.4 Å². The molecular weight excluding hydrogens is 376 g/mol. The van der Waals surface area contributed by atoms with Crippen LogP contribution in [0.25, 0.3) is 0 Å². The zero-order valence-corrected chi connectivity index (χ0v) is 17.9. The van der Waals surface area contributed by atoms with Crippen LogP contribution in [0.4, 0.5) is 0 Å². The first-order valence-electron chi connectivity index (χ1n) is 9.76. The third-order valence-electron chi connectivity index (χ3n) is 4.34. The van der Waals surface area contributed by atoms with Crippen molar-refractivity contribution in [1.29, 1.82) is 0 Å². The van der Waals surface area contributed by atoms with E-state index in [-0.39, 0.29) is 0 Å². The predicted molar refractivity (Wildman–Crippen MR) is 117 cm³/mol. The lowest BCUT2D eigenvalue weighted by Crippen LogP contribution is -2.42. The van der Waals surface area contributed by atoms with Crippen molar-refractivity contribution in [3.63, 3.8) is 0 Å². The minimum absolute atomic E-state index is 0.505. The Labute approximate surface area is 173 Å². The molecule has 1 heterocycles. The Morgan fingerprint density at radius 2 is 2.11 bits per heavy atom. The summed E-state index contributed by atoms with van der Waals surface area (Å²) in [5.74, 6) is 2.04. The maximum atomic E-state index is 5.80. The summed E-state index contributed by atoms with van der Waals surface area (Å²) in [5.41, 5.74) is 3.74. The van der Waals surface area contributed by atoms with Crippen LogP contribution in [0, 0.1) is 5.92 Å². The number of hydrazone groups is 1. The lowest BCUT2D eigenvalue weighted by Gasteiger charge is -2.26. The average Bonchev–Trinajstić information content (AvgIpc) is 2.69. The van der Waals surface area contributed by atoms with Crippen LogP contribution in [0.5, 0.6) is 11.5 Å². The number of nitrogens with one attached hydrogen (secondary N) is 2. The van der Waals surface area contributed by atoms with Gasteiger partial charge in [-0.25, -0.2) is 0 Å². The Morgan fingerprint density at radius 1 is 1.32 bits per heavy atom. The molecule has 7 nitrogen and oxygen atoms in total. The van der Waals surface area contributed by atoms with Crippen molar-refractivity contribution >= 4 is 23.5 Å². The summed E-state index contributed by atoms with van der Waals surface area (Å²) < 4.78 is 16.6. The number of nitrogens with zero attached hydrogens (tertiary/aromatic N) is 2. The maximum Gasteiger partial charge on any atom is 0.187 e. The van der Waals surface area contributed by atoms with Gasteiger partial charge in [-0.1, -0.05) is 13.8 Å². The van der Waals surface area contributed by atoms with Crippen molar-refractivity contribution in [2.24, 2.45) is 11.0 Å². The van der Waals surface area contributed by atoms with Crippen LogP contribution in [0.2, 0.25) is 0 Å². The second-order valence-corrected chi connectivity index (χ2v) is 7.43. The van der Waals surface area contributed by atoms with Crippen LogP contribution in [-0.2, 0) is 4.74 Å². The number of benzene rings is 1. The van der Waals surface area contributed by atoms with E-state index < -0.39 is 0 Å². The van der Waals surface area contributed by atoms with Crippen LogP contribution in [0.15, 0.2) is 23.3 Å². The molecule has 0 unspecified atom stereocenters. The average molecular weight is 409 g/mol. The van der Waals surface area contributed by atoms with Gasteiger partial charge in [-0.05, 0) is 48.3 Å². The van der Waals surface area contributed by atoms with Crippen LogP contribution in [0.1, 0.15) is 25.8 Å². The molecule has 0 aliphatic carbocycles. The molecule has 1 aromatic carbocycles. The minimum atomic E-state index is 0.505. The summed E-state index contributed by atoms with van der Waals surface area (Å²) in [6.07, 6.45) is 2.71. The predicted octanol–water partition coefficient (Wildman–Crippen LogP) is 2.25. The van der Waals surface area contributed by atoms with Crippen molar-refractivity contribution in [2.75, 3.05) is 53.1 Å². The monoisotopic (exact) mass is 408 g/mol. The zero-order valence-electron chi connectivity index (χ0n) is 17.1. The number of methoxy groups -OCH3 is 1. The van der Waals surface area contributed by atoms with E-state index in [9.17, 15) is 0 Å². The van der Waals surface area contributed by atoms with Gasteiger partial charge in [0.2, 0.25) is 0 Å². The van der Waals surface area contributed by atoms with Gasteiger partial charge in [0.25, 0.3) is 0 Å². The molecule has 1 aliphatic rings. The van der Waals surface area contributed by atoms with Crippen molar-refractivity contribution in [3.8, 4) is 11.5 Å². The maximum absolute atomic E-state index is 5.80. The lowest BCUT2D eigenvalue weighted by molar-refractivity contribution is 0.0389. The fourth-order valence-corrected chi connectivity index (χ4v) is 2.80.